The van der Waals surface area contributed by atoms with Crippen molar-refractivity contribution < 1.29 is 9.47 Å². The summed E-state index contributed by atoms with van der Waals surface area (Å²) >= 11 is 0. The van der Waals surface area contributed by atoms with Gasteiger partial charge in [-0.15, -0.1) is 5.73 Å². The first-order chi connectivity index (χ1) is 7.36. The van der Waals surface area contributed by atoms with Crippen LogP contribution in [0.4, 0.5) is 0 Å². The van der Waals surface area contributed by atoms with Crippen molar-refractivity contribution in [2.45, 2.75) is 13.0 Å². The van der Waals surface area contributed by atoms with E-state index in [0.717, 1.165) is 17.7 Å². The Morgan fingerprint density at radius 3 is 2.67 bits per heavy atom. The Hall–Kier alpha value is -1.50. The van der Waals surface area contributed by atoms with Gasteiger partial charge in [0.25, 0.3) is 0 Å². The van der Waals surface area contributed by atoms with Gasteiger partial charge in [-0.1, -0.05) is 18.7 Å². The van der Waals surface area contributed by atoms with Crippen LogP contribution in [0.15, 0.2) is 42.7 Å². The first kappa shape index (κ1) is 11.6. The standard InChI is InChI=1S/C13H16O2/c1-3-4-5-10-15-11-12-6-8-13(14-2)9-7-12/h4,6-9H,1,5,10-11H2,2H3. The van der Waals surface area contributed by atoms with Crippen molar-refractivity contribution in [2.75, 3.05) is 13.7 Å². The maximum Gasteiger partial charge on any atom is 0.118 e. The Bertz CT molecular complexity index is 321. The number of hydrogen-bond donors (Lipinski definition) is 0. The molecular formula is C13H16O2. The lowest BCUT2D eigenvalue weighted by molar-refractivity contribution is 0.125. The van der Waals surface area contributed by atoms with E-state index in [2.05, 4.69) is 12.3 Å². The molecule has 0 aliphatic carbocycles. The average molecular weight is 204 g/mol. The molecular weight excluding hydrogens is 188 g/mol. The highest BCUT2D eigenvalue weighted by atomic mass is 16.5. The lowest BCUT2D eigenvalue weighted by atomic mass is 10.2. The van der Waals surface area contributed by atoms with E-state index in [0.29, 0.717) is 13.2 Å². The second kappa shape index (κ2) is 6.88. The molecule has 1 rings (SSSR count). The van der Waals surface area contributed by atoms with Gasteiger partial charge in [0.2, 0.25) is 0 Å². The van der Waals surface area contributed by atoms with E-state index < -0.39 is 0 Å². The molecule has 0 amide bonds. The van der Waals surface area contributed by atoms with E-state index in [1.54, 1.807) is 7.11 Å². The van der Waals surface area contributed by atoms with Crippen LogP contribution in [0.25, 0.3) is 0 Å². The van der Waals surface area contributed by atoms with Crippen LogP contribution in [0, 0.1) is 0 Å². The molecule has 0 unspecified atom stereocenters. The predicted molar refractivity (Wildman–Crippen MR) is 61.0 cm³/mol. The largest absolute Gasteiger partial charge is 0.497 e. The van der Waals surface area contributed by atoms with Crippen molar-refractivity contribution in [3.8, 4) is 5.75 Å². The molecule has 0 spiro atoms. The molecule has 0 bridgehead atoms. The Morgan fingerprint density at radius 1 is 1.33 bits per heavy atom. The maximum absolute atomic E-state index is 5.46. The van der Waals surface area contributed by atoms with Crippen molar-refractivity contribution in [3.05, 3.63) is 48.2 Å². The summed E-state index contributed by atoms with van der Waals surface area (Å²) in [7, 11) is 1.66. The zero-order valence-corrected chi connectivity index (χ0v) is 9.03. The fourth-order valence-electron chi connectivity index (χ4n) is 1.16. The van der Waals surface area contributed by atoms with Gasteiger partial charge in [0, 0.05) is 0 Å². The van der Waals surface area contributed by atoms with Gasteiger partial charge in [0.1, 0.15) is 5.75 Å². The molecule has 1 aromatic rings. The minimum absolute atomic E-state index is 0.634. The topological polar surface area (TPSA) is 18.5 Å². The molecule has 0 aliphatic rings. The Kier molecular flexibility index (Phi) is 5.31. The number of hydrogen-bond acceptors (Lipinski definition) is 2. The molecule has 0 aliphatic heterocycles. The van der Waals surface area contributed by atoms with E-state index >= 15 is 0 Å². The minimum Gasteiger partial charge on any atom is -0.497 e. The summed E-state index contributed by atoms with van der Waals surface area (Å²) in [5.41, 5.74) is 3.86. The zero-order chi connectivity index (χ0) is 10.9. The minimum atomic E-state index is 0.634. The number of methoxy groups -OCH3 is 1. The fourth-order valence-corrected chi connectivity index (χ4v) is 1.16. The van der Waals surface area contributed by atoms with Crippen LogP contribution >= 0.6 is 0 Å². The second-order valence-corrected chi connectivity index (χ2v) is 3.10. The van der Waals surface area contributed by atoms with E-state index in [4.69, 9.17) is 9.47 Å². The summed E-state index contributed by atoms with van der Waals surface area (Å²) in [6.07, 6.45) is 2.73. The van der Waals surface area contributed by atoms with Gasteiger partial charge >= 0.3 is 0 Å². The third-order valence-electron chi connectivity index (χ3n) is 1.98. The first-order valence-corrected chi connectivity index (χ1v) is 4.92. The lowest BCUT2D eigenvalue weighted by Gasteiger charge is -2.04. The Morgan fingerprint density at radius 2 is 2.07 bits per heavy atom. The van der Waals surface area contributed by atoms with Gasteiger partial charge in [-0.05, 0) is 30.2 Å². The van der Waals surface area contributed by atoms with Gasteiger partial charge < -0.3 is 9.47 Å². The molecule has 0 saturated carbocycles. The molecule has 0 N–H and O–H groups in total. The molecule has 0 atom stereocenters. The third kappa shape index (κ3) is 4.50. The molecule has 0 heterocycles. The molecule has 80 valence electrons. The summed E-state index contributed by atoms with van der Waals surface area (Å²) in [6.45, 7) is 4.82. The van der Waals surface area contributed by atoms with Crippen LogP contribution in [-0.4, -0.2) is 13.7 Å². The Labute approximate surface area is 90.8 Å². The van der Waals surface area contributed by atoms with Crippen molar-refractivity contribution >= 4 is 0 Å². The smallest absolute Gasteiger partial charge is 0.118 e. The van der Waals surface area contributed by atoms with Gasteiger partial charge in [0.15, 0.2) is 0 Å². The lowest BCUT2D eigenvalue weighted by Crippen LogP contribution is -1.94. The van der Waals surface area contributed by atoms with Gasteiger partial charge in [0.05, 0.1) is 20.3 Å². The molecule has 0 radical (unpaired) electrons. The van der Waals surface area contributed by atoms with Crippen LogP contribution in [0.1, 0.15) is 12.0 Å². The van der Waals surface area contributed by atoms with Crippen molar-refractivity contribution in [1.82, 2.24) is 0 Å². The number of ether oxygens (including phenoxy) is 2. The number of rotatable bonds is 6. The molecule has 0 aromatic heterocycles. The molecule has 0 saturated heterocycles. The van der Waals surface area contributed by atoms with E-state index in [1.807, 2.05) is 30.3 Å². The van der Waals surface area contributed by atoms with Crippen LogP contribution in [0.5, 0.6) is 5.75 Å². The van der Waals surface area contributed by atoms with Gasteiger partial charge in [-0.25, -0.2) is 0 Å². The molecule has 0 fully saturated rings. The first-order valence-electron chi connectivity index (χ1n) is 4.92. The van der Waals surface area contributed by atoms with Crippen LogP contribution in [-0.2, 0) is 11.3 Å². The van der Waals surface area contributed by atoms with E-state index in [1.165, 1.54) is 0 Å². The van der Waals surface area contributed by atoms with E-state index in [9.17, 15) is 0 Å². The zero-order valence-electron chi connectivity index (χ0n) is 9.03. The average Bonchev–Trinajstić information content (AvgIpc) is 2.30. The van der Waals surface area contributed by atoms with Crippen LogP contribution in [0.2, 0.25) is 0 Å². The molecule has 1 aromatic carbocycles. The number of benzene rings is 1. The predicted octanol–water partition coefficient (Wildman–Crippen LogP) is 2.94. The summed E-state index contributed by atoms with van der Waals surface area (Å²) in [4.78, 5) is 0. The van der Waals surface area contributed by atoms with Crippen LogP contribution < -0.4 is 4.74 Å². The van der Waals surface area contributed by atoms with E-state index in [-0.39, 0.29) is 0 Å². The van der Waals surface area contributed by atoms with Gasteiger partial charge in [-0.2, -0.15) is 0 Å². The highest BCUT2D eigenvalue weighted by Gasteiger charge is 1.93. The SMILES string of the molecule is C=C=CCCOCc1ccc(OC)cc1. The summed E-state index contributed by atoms with van der Waals surface area (Å²) < 4.78 is 10.5. The second-order valence-electron chi connectivity index (χ2n) is 3.10. The molecule has 2 nitrogen and oxygen atoms in total. The monoisotopic (exact) mass is 204 g/mol. The molecule has 2 heteroatoms. The van der Waals surface area contributed by atoms with Crippen LogP contribution in [0.3, 0.4) is 0 Å². The molecule has 15 heavy (non-hydrogen) atoms. The third-order valence-corrected chi connectivity index (χ3v) is 1.98. The fraction of sp³-hybridized carbons (Fsp3) is 0.308. The normalized spacial score (nSPS) is 9.40. The highest BCUT2D eigenvalue weighted by molar-refractivity contribution is 5.26. The quantitative estimate of drug-likeness (QED) is 0.524. The Balaban J connectivity index is 2.28. The highest BCUT2D eigenvalue weighted by Crippen LogP contribution is 2.11. The summed E-state index contributed by atoms with van der Waals surface area (Å²) in [5, 5.41) is 0. The van der Waals surface area contributed by atoms with Crippen molar-refractivity contribution in [3.63, 3.8) is 0 Å². The van der Waals surface area contributed by atoms with Crippen molar-refractivity contribution in [2.24, 2.45) is 0 Å². The van der Waals surface area contributed by atoms with Gasteiger partial charge in [-0.3, -0.25) is 0 Å². The van der Waals surface area contributed by atoms with Crippen molar-refractivity contribution in [1.29, 1.82) is 0 Å². The summed E-state index contributed by atoms with van der Waals surface area (Å²) in [6, 6.07) is 7.87. The summed E-state index contributed by atoms with van der Waals surface area (Å²) in [5.74, 6) is 0.869. The maximum atomic E-state index is 5.46.